The van der Waals surface area contributed by atoms with Gasteiger partial charge in [0.15, 0.2) is 0 Å². The highest BCUT2D eigenvalue weighted by atomic mass is 16.5. The molecule has 5 nitrogen and oxygen atoms in total. The number of amides is 1. The van der Waals surface area contributed by atoms with Gasteiger partial charge < -0.3 is 14.2 Å². The van der Waals surface area contributed by atoms with Crippen LogP contribution in [-0.2, 0) is 22.5 Å². The molecule has 0 bridgehead atoms. The number of aryl methyl sites for hydroxylation is 2. The third-order valence-corrected chi connectivity index (χ3v) is 4.78. The number of nitrogens with zero attached hydrogens (tertiary/aromatic N) is 2. The lowest BCUT2D eigenvalue weighted by atomic mass is 10.00. The molecule has 4 rings (SSSR count). The zero-order valence-electron chi connectivity index (χ0n) is 13.5. The largest absolute Gasteiger partial charge is 0.378 e. The Hall–Kier alpha value is -2.40. The number of morpholine rings is 1. The summed E-state index contributed by atoms with van der Waals surface area (Å²) >= 11 is 0. The van der Waals surface area contributed by atoms with E-state index < -0.39 is 0 Å². The van der Waals surface area contributed by atoms with Crippen LogP contribution in [-0.4, -0.2) is 41.7 Å². The molecule has 1 amide bonds. The number of pyridine rings is 1. The summed E-state index contributed by atoms with van der Waals surface area (Å²) in [5, 5.41) is 1.06. The van der Waals surface area contributed by atoms with Gasteiger partial charge in [0.2, 0.25) is 5.91 Å². The van der Waals surface area contributed by atoms with E-state index in [1.165, 1.54) is 11.6 Å². The van der Waals surface area contributed by atoms with Crippen molar-refractivity contribution in [3.63, 3.8) is 0 Å². The van der Waals surface area contributed by atoms with Crippen LogP contribution in [0, 0.1) is 0 Å². The smallest absolute Gasteiger partial charge is 0.258 e. The molecule has 2 aliphatic rings. The Bertz CT molecular complexity index is 876. The van der Waals surface area contributed by atoms with E-state index >= 15 is 0 Å². The number of ether oxygens (including phenoxy) is 1. The minimum Gasteiger partial charge on any atom is -0.378 e. The Balaban J connectivity index is 1.70. The van der Waals surface area contributed by atoms with Crippen molar-refractivity contribution in [3.8, 4) is 0 Å². The lowest BCUT2D eigenvalue weighted by Crippen LogP contribution is -2.39. The Labute approximate surface area is 140 Å². The van der Waals surface area contributed by atoms with Crippen LogP contribution in [0.5, 0.6) is 0 Å². The molecule has 2 aliphatic heterocycles. The van der Waals surface area contributed by atoms with Gasteiger partial charge in [0, 0.05) is 31.3 Å². The normalized spacial score (nSPS) is 17.6. The van der Waals surface area contributed by atoms with Crippen LogP contribution in [0.3, 0.4) is 0 Å². The summed E-state index contributed by atoms with van der Waals surface area (Å²) in [4.78, 5) is 26.7. The molecule has 1 aromatic carbocycles. The predicted molar refractivity (Wildman–Crippen MR) is 93.0 cm³/mol. The van der Waals surface area contributed by atoms with Crippen molar-refractivity contribution in [2.24, 2.45) is 0 Å². The molecule has 1 saturated heterocycles. The van der Waals surface area contributed by atoms with Gasteiger partial charge in [0.1, 0.15) is 0 Å². The highest BCUT2D eigenvalue weighted by molar-refractivity contribution is 5.93. The number of rotatable bonds is 2. The van der Waals surface area contributed by atoms with Gasteiger partial charge in [-0.05, 0) is 35.9 Å². The lowest BCUT2D eigenvalue weighted by Gasteiger charge is -2.25. The van der Waals surface area contributed by atoms with Crippen molar-refractivity contribution < 1.29 is 9.53 Å². The lowest BCUT2D eigenvalue weighted by molar-refractivity contribution is -0.129. The fourth-order valence-corrected chi connectivity index (χ4v) is 3.56. The molecule has 0 unspecified atom stereocenters. The number of para-hydroxylation sites is 1. The van der Waals surface area contributed by atoms with Crippen molar-refractivity contribution in [1.82, 2.24) is 9.47 Å². The molecule has 0 saturated carbocycles. The summed E-state index contributed by atoms with van der Waals surface area (Å²) in [5.41, 5.74) is 2.84. The van der Waals surface area contributed by atoms with Crippen molar-refractivity contribution >= 4 is 22.9 Å². The van der Waals surface area contributed by atoms with Gasteiger partial charge in [-0.1, -0.05) is 18.2 Å². The molecule has 0 aliphatic carbocycles. The maximum Gasteiger partial charge on any atom is 0.258 e. The third-order valence-electron chi connectivity index (χ3n) is 4.78. The molecule has 124 valence electrons. The number of benzene rings is 1. The predicted octanol–water partition coefficient (Wildman–Crippen LogP) is 1.82. The Morgan fingerprint density at radius 3 is 2.83 bits per heavy atom. The second-order valence-electron chi connectivity index (χ2n) is 6.29. The minimum absolute atomic E-state index is 0.0133. The molecule has 5 heteroatoms. The molecule has 1 fully saturated rings. The van der Waals surface area contributed by atoms with Crippen LogP contribution in [0.2, 0.25) is 0 Å². The van der Waals surface area contributed by atoms with Crippen molar-refractivity contribution in [2.45, 2.75) is 19.4 Å². The zero-order chi connectivity index (χ0) is 16.5. The van der Waals surface area contributed by atoms with Gasteiger partial charge in [0.05, 0.1) is 18.7 Å². The van der Waals surface area contributed by atoms with Gasteiger partial charge in [0.25, 0.3) is 5.56 Å². The fourth-order valence-electron chi connectivity index (χ4n) is 3.56. The van der Waals surface area contributed by atoms with Crippen LogP contribution in [0.4, 0.5) is 0 Å². The molecular weight excluding hydrogens is 304 g/mol. The Kier molecular flexibility index (Phi) is 3.94. The Morgan fingerprint density at radius 2 is 2.00 bits per heavy atom. The topological polar surface area (TPSA) is 51.5 Å². The molecule has 2 aromatic rings. The first-order chi connectivity index (χ1) is 11.7. The second-order valence-corrected chi connectivity index (χ2v) is 6.29. The first-order valence-electron chi connectivity index (χ1n) is 8.44. The van der Waals surface area contributed by atoms with Crippen molar-refractivity contribution in [1.29, 1.82) is 0 Å². The van der Waals surface area contributed by atoms with E-state index in [0.717, 1.165) is 30.3 Å². The average molecular weight is 324 g/mol. The molecular formula is C19H20N2O3. The van der Waals surface area contributed by atoms with E-state index in [1.54, 1.807) is 11.0 Å². The van der Waals surface area contributed by atoms with E-state index in [4.69, 9.17) is 4.74 Å². The average Bonchev–Trinajstić information content (AvgIpc) is 2.64. The standard InChI is InChI=1S/C19H20N2O3/c22-17(20-9-11-24-12-10-20)7-6-16-13-15-4-1-3-14-5-2-8-21(18(14)15)19(16)23/h1,3-4,6-7,13H,2,5,8-12H2. The molecule has 0 radical (unpaired) electrons. The first kappa shape index (κ1) is 15.1. The van der Waals surface area contributed by atoms with E-state index in [9.17, 15) is 9.59 Å². The highest BCUT2D eigenvalue weighted by Gasteiger charge is 2.16. The quantitative estimate of drug-likeness (QED) is 0.792. The first-order valence-corrected chi connectivity index (χ1v) is 8.44. The van der Waals surface area contributed by atoms with Gasteiger partial charge >= 0.3 is 0 Å². The number of carbonyl (C=O) groups is 1. The van der Waals surface area contributed by atoms with Gasteiger partial charge in [-0.15, -0.1) is 0 Å². The molecule has 0 spiro atoms. The van der Waals surface area contributed by atoms with Crippen LogP contribution in [0.1, 0.15) is 17.5 Å². The summed E-state index contributed by atoms with van der Waals surface area (Å²) in [7, 11) is 0. The number of hydrogen-bond donors (Lipinski definition) is 0. The molecule has 0 N–H and O–H groups in total. The van der Waals surface area contributed by atoms with E-state index in [0.29, 0.717) is 31.9 Å². The summed E-state index contributed by atoms with van der Waals surface area (Å²) < 4.78 is 7.11. The van der Waals surface area contributed by atoms with Crippen LogP contribution >= 0.6 is 0 Å². The van der Waals surface area contributed by atoms with E-state index in [2.05, 4.69) is 6.07 Å². The minimum atomic E-state index is -0.0646. The molecule has 3 heterocycles. The summed E-state index contributed by atoms with van der Waals surface area (Å²) in [6, 6.07) is 8.05. The number of hydrogen-bond acceptors (Lipinski definition) is 3. The SMILES string of the molecule is O=C(C=Cc1cc2cccc3c2n(c1=O)CCC3)N1CCOCC1. The third kappa shape index (κ3) is 2.65. The summed E-state index contributed by atoms with van der Waals surface area (Å²) in [6.45, 7) is 3.10. The van der Waals surface area contributed by atoms with Crippen LogP contribution < -0.4 is 5.56 Å². The highest BCUT2D eigenvalue weighted by Crippen LogP contribution is 2.24. The van der Waals surface area contributed by atoms with Crippen molar-refractivity contribution in [2.75, 3.05) is 26.3 Å². The van der Waals surface area contributed by atoms with E-state index in [1.807, 2.05) is 22.8 Å². The van der Waals surface area contributed by atoms with Crippen molar-refractivity contribution in [3.05, 3.63) is 51.8 Å². The molecule has 1 aromatic heterocycles. The fraction of sp³-hybridized carbons (Fsp3) is 0.368. The second kappa shape index (κ2) is 6.24. The summed E-state index contributed by atoms with van der Waals surface area (Å²) in [5.74, 6) is -0.0646. The van der Waals surface area contributed by atoms with Gasteiger partial charge in [-0.2, -0.15) is 0 Å². The van der Waals surface area contributed by atoms with Gasteiger partial charge in [-0.25, -0.2) is 0 Å². The monoisotopic (exact) mass is 324 g/mol. The Morgan fingerprint density at radius 1 is 1.17 bits per heavy atom. The van der Waals surface area contributed by atoms with Crippen LogP contribution in [0.25, 0.3) is 17.0 Å². The maximum atomic E-state index is 12.8. The van der Waals surface area contributed by atoms with Crippen LogP contribution in [0.15, 0.2) is 35.1 Å². The maximum absolute atomic E-state index is 12.8. The zero-order valence-corrected chi connectivity index (χ0v) is 13.5. The number of aromatic nitrogens is 1. The van der Waals surface area contributed by atoms with E-state index in [-0.39, 0.29) is 11.5 Å². The summed E-state index contributed by atoms with van der Waals surface area (Å²) in [6.07, 6.45) is 5.16. The molecule has 0 atom stereocenters. The number of carbonyl (C=O) groups excluding carboxylic acids is 1. The molecule has 24 heavy (non-hydrogen) atoms. The van der Waals surface area contributed by atoms with Gasteiger partial charge in [-0.3, -0.25) is 9.59 Å².